The third-order valence-electron chi connectivity index (χ3n) is 4.31. The van der Waals surface area contributed by atoms with Gasteiger partial charge in [0.25, 0.3) is 5.91 Å². The average molecular weight is 414 g/mol. The first kappa shape index (κ1) is 20.3. The Morgan fingerprint density at radius 2 is 1.83 bits per heavy atom. The van der Waals surface area contributed by atoms with Crippen LogP contribution in [0.1, 0.15) is 21.7 Å². The highest BCUT2D eigenvalue weighted by molar-refractivity contribution is 6.31. The molecule has 0 spiro atoms. The lowest BCUT2D eigenvalue weighted by Gasteiger charge is -2.09. The number of rotatable bonds is 6. The summed E-state index contributed by atoms with van der Waals surface area (Å²) in [6, 6.07) is 12.2. The van der Waals surface area contributed by atoms with Crippen molar-refractivity contribution in [2.75, 3.05) is 17.7 Å². The van der Waals surface area contributed by atoms with Gasteiger partial charge in [-0.1, -0.05) is 22.9 Å². The topological polar surface area (TPSA) is 98.1 Å². The van der Waals surface area contributed by atoms with Gasteiger partial charge in [0.2, 0.25) is 5.91 Å². The van der Waals surface area contributed by atoms with Gasteiger partial charge in [-0.3, -0.25) is 9.59 Å². The third-order valence-corrected chi connectivity index (χ3v) is 4.55. The smallest absolute Gasteiger partial charge is 0.278 e. The van der Waals surface area contributed by atoms with Crippen molar-refractivity contribution in [2.45, 2.75) is 20.4 Å². The van der Waals surface area contributed by atoms with Gasteiger partial charge in [0.15, 0.2) is 5.69 Å². The predicted octanol–water partition coefficient (Wildman–Crippen LogP) is 3.45. The maximum atomic E-state index is 12.5. The van der Waals surface area contributed by atoms with E-state index in [1.807, 2.05) is 13.0 Å². The molecule has 150 valence electrons. The van der Waals surface area contributed by atoms with Crippen LogP contribution in [0.5, 0.6) is 5.75 Å². The molecule has 8 nitrogen and oxygen atoms in total. The zero-order valence-corrected chi connectivity index (χ0v) is 16.9. The van der Waals surface area contributed by atoms with E-state index >= 15 is 0 Å². The highest BCUT2D eigenvalue weighted by Gasteiger charge is 2.18. The summed E-state index contributed by atoms with van der Waals surface area (Å²) in [7, 11) is 1.57. The number of halogens is 1. The minimum Gasteiger partial charge on any atom is -0.497 e. The lowest BCUT2D eigenvalue weighted by molar-refractivity contribution is -0.117. The number of methoxy groups -OCH3 is 1. The van der Waals surface area contributed by atoms with Crippen molar-refractivity contribution in [3.8, 4) is 5.75 Å². The van der Waals surface area contributed by atoms with E-state index in [9.17, 15) is 9.59 Å². The molecule has 0 aliphatic rings. The molecule has 1 heterocycles. The fourth-order valence-corrected chi connectivity index (χ4v) is 2.81. The Labute approximate surface area is 172 Å². The number of hydrogen-bond acceptors (Lipinski definition) is 5. The maximum absolute atomic E-state index is 12.5. The quantitative estimate of drug-likeness (QED) is 0.645. The standard InChI is InChI=1S/C20H20ClN5O3/c1-12-4-5-14(21)10-17(12)23-18(27)11-26-13(2)19(24-25-26)20(28)22-15-6-8-16(29-3)9-7-15/h4-10H,11H2,1-3H3,(H,22,28)(H,23,27). The average Bonchev–Trinajstić information content (AvgIpc) is 3.05. The van der Waals surface area contributed by atoms with Crippen LogP contribution >= 0.6 is 11.6 Å². The van der Waals surface area contributed by atoms with E-state index < -0.39 is 5.91 Å². The van der Waals surface area contributed by atoms with E-state index in [2.05, 4.69) is 20.9 Å². The van der Waals surface area contributed by atoms with Crippen molar-refractivity contribution in [3.63, 3.8) is 0 Å². The number of nitrogens with zero attached hydrogens (tertiary/aromatic N) is 3. The Morgan fingerprint density at radius 1 is 1.10 bits per heavy atom. The monoisotopic (exact) mass is 413 g/mol. The summed E-state index contributed by atoms with van der Waals surface area (Å²) in [6.07, 6.45) is 0. The van der Waals surface area contributed by atoms with Crippen LogP contribution in [0, 0.1) is 13.8 Å². The summed E-state index contributed by atoms with van der Waals surface area (Å²) in [6.45, 7) is 3.47. The van der Waals surface area contributed by atoms with Gasteiger partial charge >= 0.3 is 0 Å². The van der Waals surface area contributed by atoms with Crippen molar-refractivity contribution in [1.82, 2.24) is 15.0 Å². The van der Waals surface area contributed by atoms with E-state index in [1.54, 1.807) is 50.4 Å². The van der Waals surface area contributed by atoms with Crippen LogP contribution in [0.2, 0.25) is 5.02 Å². The van der Waals surface area contributed by atoms with Crippen molar-refractivity contribution in [3.05, 3.63) is 64.4 Å². The second-order valence-corrected chi connectivity index (χ2v) is 6.81. The third kappa shape index (κ3) is 4.91. The Balaban J connectivity index is 1.67. The Morgan fingerprint density at radius 3 is 2.52 bits per heavy atom. The predicted molar refractivity (Wildman–Crippen MR) is 111 cm³/mol. The molecule has 3 rings (SSSR count). The van der Waals surface area contributed by atoms with Gasteiger partial charge in [-0.25, -0.2) is 4.68 Å². The van der Waals surface area contributed by atoms with Crippen molar-refractivity contribution < 1.29 is 14.3 Å². The minimum atomic E-state index is -0.412. The first-order valence-corrected chi connectivity index (χ1v) is 9.16. The molecular weight excluding hydrogens is 394 g/mol. The van der Waals surface area contributed by atoms with E-state index in [4.69, 9.17) is 16.3 Å². The second kappa shape index (κ2) is 8.74. The minimum absolute atomic E-state index is 0.0827. The molecule has 2 aromatic carbocycles. The first-order valence-electron chi connectivity index (χ1n) is 8.79. The van der Waals surface area contributed by atoms with Gasteiger partial charge in [0.05, 0.1) is 12.8 Å². The molecule has 0 saturated heterocycles. The SMILES string of the molecule is COc1ccc(NC(=O)c2nnn(CC(=O)Nc3cc(Cl)ccc3C)c2C)cc1. The van der Waals surface area contributed by atoms with Crippen LogP contribution < -0.4 is 15.4 Å². The lowest BCUT2D eigenvalue weighted by atomic mass is 10.2. The summed E-state index contributed by atoms with van der Waals surface area (Å²) in [5.41, 5.74) is 2.73. The molecule has 0 unspecified atom stereocenters. The lowest BCUT2D eigenvalue weighted by Crippen LogP contribution is -2.21. The number of anilines is 2. The van der Waals surface area contributed by atoms with Crippen LogP contribution in [0.25, 0.3) is 0 Å². The molecule has 0 saturated carbocycles. The zero-order chi connectivity index (χ0) is 21.0. The largest absolute Gasteiger partial charge is 0.497 e. The number of hydrogen-bond donors (Lipinski definition) is 2. The van der Waals surface area contributed by atoms with E-state index in [0.29, 0.717) is 27.8 Å². The molecule has 0 atom stereocenters. The fourth-order valence-electron chi connectivity index (χ4n) is 2.64. The second-order valence-electron chi connectivity index (χ2n) is 6.37. The van der Waals surface area contributed by atoms with E-state index in [-0.39, 0.29) is 18.1 Å². The van der Waals surface area contributed by atoms with Crippen molar-refractivity contribution in [2.24, 2.45) is 0 Å². The Kier molecular flexibility index (Phi) is 6.13. The summed E-state index contributed by atoms with van der Waals surface area (Å²) in [4.78, 5) is 24.9. The molecule has 0 aliphatic heterocycles. The van der Waals surface area contributed by atoms with E-state index in [0.717, 1.165) is 5.56 Å². The van der Waals surface area contributed by atoms with Crippen LogP contribution in [0.3, 0.4) is 0 Å². The summed E-state index contributed by atoms with van der Waals surface area (Å²) in [5, 5.41) is 13.9. The molecule has 0 bridgehead atoms. The molecule has 3 aromatic rings. The fraction of sp³-hybridized carbons (Fsp3) is 0.200. The summed E-state index contributed by atoms with van der Waals surface area (Å²) < 4.78 is 6.46. The van der Waals surface area contributed by atoms with E-state index in [1.165, 1.54) is 4.68 Å². The van der Waals surface area contributed by atoms with Crippen LogP contribution in [-0.2, 0) is 11.3 Å². The van der Waals surface area contributed by atoms with Gasteiger partial charge < -0.3 is 15.4 Å². The van der Waals surface area contributed by atoms with Gasteiger partial charge in [-0.05, 0) is 55.8 Å². The number of nitrogens with one attached hydrogen (secondary N) is 2. The van der Waals surface area contributed by atoms with Gasteiger partial charge in [-0.2, -0.15) is 0 Å². The molecule has 2 N–H and O–H groups in total. The highest BCUT2D eigenvalue weighted by atomic mass is 35.5. The highest BCUT2D eigenvalue weighted by Crippen LogP contribution is 2.20. The van der Waals surface area contributed by atoms with Crippen LogP contribution in [0.15, 0.2) is 42.5 Å². The molecule has 1 aromatic heterocycles. The zero-order valence-electron chi connectivity index (χ0n) is 16.2. The van der Waals surface area contributed by atoms with Crippen LogP contribution in [0.4, 0.5) is 11.4 Å². The van der Waals surface area contributed by atoms with Crippen LogP contribution in [-0.4, -0.2) is 33.9 Å². The normalized spacial score (nSPS) is 10.5. The molecule has 0 fully saturated rings. The molecule has 9 heteroatoms. The number of carbonyl (C=O) groups is 2. The number of aromatic nitrogens is 3. The van der Waals surface area contributed by atoms with Gasteiger partial charge in [0.1, 0.15) is 12.3 Å². The summed E-state index contributed by atoms with van der Waals surface area (Å²) >= 11 is 5.98. The number of aryl methyl sites for hydroxylation is 1. The molecular formula is C20H20ClN5O3. The van der Waals surface area contributed by atoms with Crippen molar-refractivity contribution in [1.29, 1.82) is 0 Å². The number of carbonyl (C=O) groups excluding carboxylic acids is 2. The van der Waals surface area contributed by atoms with Crippen molar-refractivity contribution >= 4 is 34.8 Å². The number of amides is 2. The molecule has 2 amide bonds. The Bertz CT molecular complexity index is 1050. The molecule has 29 heavy (non-hydrogen) atoms. The number of benzene rings is 2. The number of ether oxygens (including phenoxy) is 1. The van der Waals surface area contributed by atoms with Gasteiger partial charge in [0, 0.05) is 16.4 Å². The molecule has 0 aliphatic carbocycles. The summed E-state index contributed by atoms with van der Waals surface area (Å²) in [5.74, 6) is -0.0263. The maximum Gasteiger partial charge on any atom is 0.278 e. The van der Waals surface area contributed by atoms with Gasteiger partial charge in [-0.15, -0.1) is 5.10 Å². The first-order chi connectivity index (χ1) is 13.9. The molecule has 0 radical (unpaired) electrons. The Hall–Kier alpha value is -3.39.